The minimum atomic E-state index is -0.365. The van der Waals surface area contributed by atoms with E-state index in [0.717, 1.165) is 0 Å². The monoisotopic (exact) mass is 247 g/mol. The van der Waals surface area contributed by atoms with Gasteiger partial charge in [0, 0.05) is 24.1 Å². The molecular formula is C12H13N3O3. The third-order valence-electron chi connectivity index (χ3n) is 2.60. The number of aliphatic hydroxyl groups is 1. The fourth-order valence-corrected chi connectivity index (χ4v) is 1.61. The van der Waals surface area contributed by atoms with Gasteiger partial charge in [0.1, 0.15) is 5.71 Å². The molecular weight excluding hydrogens is 234 g/mol. The molecule has 1 heterocycles. The summed E-state index contributed by atoms with van der Waals surface area (Å²) in [6.07, 6.45) is 0.576. The fraction of sp³-hybridized carbons (Fsp3) is 0.250. The van der Waals surface area contributed by atoms with Crippen LogP contribution in [0.3, 0.4) is 0 Å². The predicted molar refractivity (Wildman–Crippen MR) is 65.8 cm³/mol. The number of benzene rings is 1. The van der Waals surface area contributed by atoms with Gasteiger partial charge in [-0.3, -0.25) is 9.59 Å². The van der Waals surface area contributed by atoms with Crippen molar-refractivity contribution in [2.75, 3.05) is 5.32 Å². The summed E-state index contributed by atoms with van der Waals surface area (Å²) in [5.74, 6) is -0.557. The summed E-state index contributed by atoms with van der Waals surface area (Å²) in [7, 11) is 0. The molecule has 0 bridgehead atoms. The zero-order chi connectivity index (χ0) is 13.0. The standard InChI is InChI=1S/C12H13N3O3/c16-7-8-3-1-2-4-9(8)13-12(18)10-5-6-11(17)15-14-10/h1-4,16H,5-7H2,(H,13,18)(H,15,17). The first-order chi connectivity index (χ1) is 8.70. The Morgan fingerprint density at radius 1 is 1.39 bits per heavy atom. The third kappa shape index (κ3) is 2.72. The molecule has 0 aromatic heterocycles. The van der Waals surface area contributed by atoms with Crippen LogP contribution in [0.5, 0.6) is 0 Å². The molecule has 0 aliphatic carbocycles. The molecule has 1 aliphatic heterocycles. The Balaban J connectivity index is 2.09. The highest BCUT2D eigenvalue weighted by atomic mass is 16.3. The molecule has 0 unspecified atom stereocenters. The van der Waals surface area contributed by atoms with Crippen molar-refractivity contribution in [3.63, 3.8) is 0 Å². The van der Waals surface area contributed by atoms with Crippen molar-refractivity contribution in [1.82, 2.24) is 5.43 Å². The van der Waals surface area contributed by atoms with Crippen molar-refractivity contribution in [3.8, 4) is 0 Å². The fourth-order valence-electron chi connectivity index (χ4n) is 1.61. The van der Waals surface area contributed by atoms with Crippen molar-refractivity contribution in [3.05, 3.63) is 29.8 Å². The Labute approximate surface area is 104 Å². The molecule has 0 fully saturated rings. The summed E-state index contributed by atoms with van der Waals surface area (Å²) in [4.78, 5) is 22.8. The average Bonchev–Trinajstić information content (AvgIpc) is 2.40. The van der Waals surface area contributed by atoms with Gasteiger partial charge in [-0.25, -0.2) is 5.43 Å². The van der Waals surface area contributed by atoms with Gasteiger partial charge in [0.05, 0.1) is 6.61 Å². The highest BCUT2D eigenvalue weighted by molar-refractivity contribution is 6.43. The van der Waals surface area contributed by atoms with Crippen LogP contribution in [0.15, 0.2) is 29.4 Å². The normalized spacial score (nSPS) is 14.7. The molecule has 3 N–H and O–H groups in total. The summed E-state index contributed by atoms with van der Waals surface area (Å²) in [5.41, 5.74) is 3.72. The van der Waals surface area contributed by atoms with Gasteiger partial charge in [0.15, 0.2) is 0 Å². The van der Waals surface area contributed by atoms with Gasteiger partial charge in [-0.15, -0.1) is 0 Å². The van der Waals surface area contributed by atoms with E-state index in [0.29, 0.717) is 17.7 Å². The molecule has 6 nitrogen and oxygen atoms in total. The molecule has 1 aromatic rings. The van der Waals surface area contributed by atoms with E-state index in [1.54, 1.807) is 24.3 Å². The van der Waals surface area contributed by atoms with Crippen molar-refractivity contribution in [2.24, 2.45) is 5.10 Å². The minimum absolute atomic E-state index is 0.153. The molecule has 18 heavy (non-hydrogen) atoms. The van der Waals surface area contributed by atoms with E-state index in [4.69, 9.17) is 5.11 Å². The highest BCUT2D eigenvalue weighted by Gasteiger charge is 2.18. The average molecular weight is 247 g/mol. The lowest BCUT2D eigenvalue weighted by Gasteiger charge is -2.13. The van der Waals surface area contributed by atoms with Crippen molar-refractivity contribution in [1.29, 1.82) is 0 Å². The Bertz CT molecular complexity index is 511. The quantitative estimate of drug-likeness (QED) is 0.721. The number of nitrogens with zero attached hydrogens (tertiary/aromatic N) is 1. The van der Waals surface area contributed by atoms with E-state index in [2.05, 4.69) is 15.8 Å². The second-order valence-corrected chi connectivity index (χ2v) is 3.86. The molecule has 94 valence electrons. The van der Waals surface area contributed by atoms with Crippen LogP contribution < -0.4 is 10.7 Å². The molecule has 0 radical (unpaired) electrons. The van der Waals surface area contributed by atoms with Gasteiger partial charge < -0.3 is 10.4 Å². The van der Waals surface area contributed by atoms with Gasteiger partial charge in [-0.2, -0.15) is 5.10 Å². The molecule has 0 atom stereocenters. The van der Waals surface area contributed by atoms with E-state index < -0.39 is 0 Å². The summed E-state index contributed by atoms with van der Waals surface area (Å²) < 4.78 is 0. The first-order valence-corrected chi connectivity index (χ1v) is 5.56. The number of carbonyl (C=O) groups is 2. The van der Waals surface area contributed by atoms with Gasteiger partial charge in [0.2, 0.25) is 5.91 Å². The van der Waals surface area contributed by atoms with E-state index in [9.17, 15) is 9.59 Å². The number of nitrogens with one attached hydrogen (secondary N) is 2. The van der Waals surface area contributed by atoms with E-state index >= 15 is 0 Å². The Hall–Kier alpha value is -2.21. The number of aliphatic hydroxyl groups excluding tert-OH is 1. The third-order valence-corrected chi connectivity index (χ3v) is 2.60. The largest absolute Gasteiger partial charge is 0.392 e. The van der Waals surface area contributed by atoms with Crippen LogP contribution in [0.2, 0.25) is 0 Å². The SMILES string of the molecule is O=C1CCC(C(=O)Nc2ccccc2CO)=NN1. The van der Waals surface area contributed by atoms with Gasteiger partial charge >= 0.3 is 0 Å². The zero-order valence-corrected chi connectivity index (χ0v) is 9.64. The number of hydrazone groups is 1. The van der Waals surface area contributed by atoms with Crippen LogP contribution in [-0.4, -0.2) is 22.6 Å². The second kappa shape index (κ2) is 5.42. The number of anilines is 1. The molecule has 1 aliphatic rings. The Morgan fingerprint density at radius 2 is 2.17 bits per heavy atom. The van der Waals surface area contributed by atoms with E-state index in [-0.39, 0.29) is 30.6 Å². The lowest BCUT2D eigenvalue weighted by atomic mass is 10.1. The van der Waals surface area contributed by atoms with Crippen molar-refractivity contribution < 1.29 is 14.7 Å². The Kier molecular flexibility index (Phi) is 3.69. The number of carbonyl (C=O) groups excluding carboxylic acids is 2. The maximum atomic E-state index is 11.9. The lowest BCUT2D eigenvalue weighted by molar-refractivity contribution is -0.121. The second-order valence-electron chi connectivity index (χ2n) is 3.86. The summed E-state index contributed by atoms with van der Waals surface area (Å²) in [5, 5.41) is 15.5. The van der Waals surface area contributed by atoms with Gasteiger partial charge in [-0.1, -0.05) is 18.2 Å². The van der Waals surface area contributed by atoms with Crippen LogP contribution in [0.1, 0.15) is 18.4 Å². The number of hydrogen-bond donors (Lipinski definition) is 3. The van der Waals surface area contributed by atoms with Crippen LogP contribution in [0.25, 0.3) is 0 Å². The van der Waals surface area contributed by atoms with Gasteiger partial charge in [0.25, 0.3) is 5.91 Å². The zero-order valence-electron chi connectivity index (χ0n) is 9.64. The summed E-state index contributed by atoms with van der Waals surface area (Å²) in [6.45, 7) is -0.153. The topological polar surface area (TPSA) is 90.8 Å². The molecule has 0 spiro atoms. The first kappa shape index (κ1) is 12.3. The predicted octanol–water partition coefficient (Wildman–Crippen LogP) is 0.383. The first-order valence-electron chi connectivity index (χ1n) is 5.56. The molecule has 1 aromatic carbocycles. The van der Waals surface area contributed by atoms with E-state index in [1.165, 1.54) is 0 Å². The highest BCUT2D eigenvalue weighted by Crippen LogP contribution is 2.15. The van der Waals surface area contributed by atoms with Crippen LogP contribution >= 0.6 is 0 Å². The van der Waals surface area contributed by atoms with E-state index in [1.807, 2.05) is 0 Å². The van der Waals surface area contributed by atoms with Crippen LogP contribution in [0, 0.1) is 0 Å². The van der Waals surface area contributed by atoms with Crippen molar-refractivity contribution in [2.45, 2.75) is 19.4 Å². The molecule has 0 saturated carbocycles. The maximum absolute atomic E-state index is 11.9. The summed E-state index contributed by atoms with van der Waals surface area (Å²) >= 11 is 0. The molecule has 2 amide bonds. The molecule has 6 heteroatoms. The van der Waals surface area contributed by atoms with Crippen LogP contribution in [0.4, 0.5) is 5.69 Å². The summed E-state index contributed by atoms with van der Waals surface area (Å²) in [6, 6.07) is 6.96. The number of amides is 2. The lowest BCUT2D eigenvalue weighted by Crippen LogP contribution is -2.32. The number of rotatable bonds is 3. The molecule has 2 rings (SSSR count). The minimum Gasteiger partial charge on any atom is -0.392 e. The molecule has 0 saturated heterocycles. The number of para-hydroxylation sites is 1. The number of hydrogen-bond acceptors (Lipinski definition) is 4. The Morgan fingerprint density at radius 3 is 2.83 bits per heavy atom. The smallest absolute Gasteiger partial charge is 0.271 e. The van der Waals surface area contributed by atoms with Crippen molar-refractivity contribution >= 4 is 23.2 Å². The van der Waals surface area contributed by atoms with Crippen LogP contribution in [-0.2, 0) is 16.2 Å². The maximum Gasteiger partial charge on any atom is 0.271 e. The van der Waals surface area contributed by atoms with Gasteiger partial charge in [-0.05, 0) is 6.07 Å².